The number of carbonyl (C=O) groups is 2. The van der Waals surface area contributed by atoms with Crippen molar-refractivity contribution < 1.29 is 35.9 Å². The van der Waals surface area contributed by atoms with Gasteiger partial charge in [0.2, 0.25) is 5.91 Å². The van der Waals surface area contributed by atoms with Gasteiger partial charge in [0.15, 0.2) is 0 Å². The lowest BCUT2D eigenvalue weighted by atomic mass is 9.98. The van der Waals surface area contributed by atoms with Gasteiger partial charge in [0, 0.05) is 54.5 Å². The zero-order valence-electron chi connectivity index (χ0n) is 21.4. The summed E-state index contributed by atoms with van der Waals surface area (Å²) in [4.78, 5) is 35.3. The Morgan fingerprint density at radius 3 is 2.27 bits per heavy atom. The van der Waals surface area contributed by atoms with Crippen LogP contribution in [0.15, 0.2) is 67.0 Å². The molecular formula is C28H25F6N5O2. The van der Waals surface area contributed by atoms with Crippen molar-refractivity contribution in [2.24, 2.45) is 0 Å². The number of para-hydroxylation sites is 1. The van der Waals surface area contributed by atoms with Crippen LogP contribution in [0.2, 0.25) is 0 Å². The van der Waals surface area contributed by atoms with Gasteiger partial charge < -0.3 is 20.2 Å². The molecular weight excluding hydrogens is 552 g/mol. The zero-order chi connectivity index (χ0) is 29.4. The fraction of sp³-hybridized carbons (Fsp3) is 0.286. The van der Waals surface area contributed by atoms with E-state index in [1.165, 1.54) is 4.90 Å². The topological polar surface area (TPSA) is 84.2 Å². The number of halogens is 6. The molecule has 1 fully saturated rings. The molecule has 2 amide bonds. The standard InChI is InChI=1S/C28H25F6N5O2/c29-27(30,31)19-10-17(11-20(13-19)28(32,33)34)26(41)39-9-8-38(16-25(40)37-24-6-3-7-35-24)15-21(39)12-18-14-36-23-5-2-1-4-22(18)23/h1-7,10-11,13-14,21,35-36H,8-9,12,15-16H2,(H,37,40). The Morgan fingerprint density at radius 1 is 0.902 bits per heavy atom. The van der Waals surface area contributed by atoms with E-state index < -0.39 is 41.0 Å². The molecule has 2 aromatic heterocycles. The van der Waals surface area contributed by atoms with E-state index >= 15 is 0 Å². The van der Waals surface area contributed by atoms with Crippen molar-refractivity contribution in [1.29, 1.82) is 0 Å². The first kappa shape index (κ1) is 28.3. The Bertz CT molecular complexity index is 1510. The van der Waals surface area contributed by atoms with Crippen molar-refractivity contribution >= 4 is 28.5 Å². The summed E-state index contributed by atoms with van der Waals surface area (Å²) in [6.45, 7) is 0.348. The molecule has 3 heterocycles. The molecule has 7 nitrogen and oxygen atoms in total. The lowest BCUT2D eigenvalue weighted by Crippen LogP contribution is -2.57. The summed E-state index contributed by atoms with van der Waals surface area (Å²) in [5, 5.41) is 3.59. The van der Waals surface area contributed by atoms with Crippen molar-refractivity contribution in [1.82, 2.24) is 19.8 Å². The molecule has 2 aromatic carbocycles. The number of aromatic nitrogens is 2. The fourth-order valence-corrected chi connectivity index (χ4v) is 5.10. The van der Waals surface area contributed by atoms with Gasteiger partial charge in [-0.25, -0.2) is 0 Å². The average Bonchev–Trinajstić information content (AvgIpc) is 3.57. The quantitative estimate of drug-likeness (QED) is 0.263. The van der Waals surface area contributed by atoms with Crippen molar-refractivity contribution in [2.75, 3.05) is 31.5 Å². The third-order valence-electron chi connectivity index (χ3n) is 7.03. The van der Waals surface area contributed by atoms with E-state index in [2.05, 4.69) is 15.3 Å². The number of fused-ring (bicyclic) bond motifs is 1. The Kier molecular flexibility index (Phi) is 7.56. The predicted octanol–water partition coefficient (Wildman–Crippen LogP) is 5.54. The minimum Gasteiger partial charge on any atom is -0.361 e. The van der Waals surface area contributed by atoms with E-state index in [1.807, 2.05) is 24.3 Å². The van der Waals surface area contributed by atoms with E-state index in [1.54, 1.807) is 29.4 Å². The highest BCUT2D eigenvalue weighted by atomic mass is 19.4. The third kappa shape index (κ3) is 6.40. The van der Waals surface area contributed by atoms with E-state index in [4.69, 9.17) is 0 Å². The molecule has 1 aliphatic heterocycles. The number of alkyl halides is 6. The molecule has 0 saturated carbocycles. The maximum Gasteiger partial charge on any atom is 0.416 e. The smallest absolute Gasteiger partial charge is 0.361 e. The highest BCUT2D eigenvalue weighted by Crippen LogP contribution is 2.37. The highest BCUT2D eigenvalue weighted by Gasteiger charge is 2.39. The lowest BCUT2D eigenvalue weighted by molar-refractivity contribution is -0.143. The van der Waals surface area contributed by atoms with Crippen molar-refractivity contribution in [3.63, 3.8) is 0 Å². The van der Waals surface area contributed by atoms with Gasteiger partial charge in [-0.05, 0) is 48.4 Å². The molecule has 0 spiro atoms. The van der Waals surface area contributed by atoms with Crippen LogP contribution >= 0.6 is 0 Å². The second kappa shape index (κ2) is 11.0. The third-order valence-corrected chi connectivity index (χ3v) is 7.03. The lowest BCUT2D eigenvalue weighted by Gasteiger charge is -2.41. The first-order chi connectivity index (χ1) is 19.4. The number of hydrogen-bond donors (Lipinski definition) is 3. The molecule has 0 aliphatic carbocycles. The van der Waals surface area contributed by atoms with Crippen LogP contribution in [0.1, 0.15) is 27.0 Å². The van der Waals surface area contributed by atoms with Crippen LogP contribution in [-0.4, -0.2) is 63.8 Å². The Morgan fingerprint density at radius 2 is 1.61 bits per heavy atom. The Labute approximate surface area is 230 Å². The second-order valence-electron chi connectivity index (χ2n) is 9.88. The normalized spacial score (nSPS) is 16.7. The molecule has 0 bridgehead atoms. The van der Waals surface area contributed by atoms with Gasteiger partial charge >= 0.3 is 12.4 Å². The van der Waals surface area contributed by atoms with E-state index in [0.29, 0.717) is 18.0 Å². The number of hydrogen-bond acceptors (Lipinski definition) is 3. The maximum absolute atomic E-state index is 13.6. The summed E-state index contributed by atoms with van der Waals surface area (Å²) in [5.74, 6) is -0.753. The molecule has 0 radical (unpaired) electrons. The van der Waals surface area contributed by atoms with Crippen molar-refractivity contribution in [3.05, 3.63) is 89.2 Å². The number of anilines is 1. The summed E-state index contributed by atoms with van der Waals surface area (Å²) in [5.41, 5.74) is -2.15. The molecule has 4 aromatic rings. The van der Waals surface area contributed by atoms with Crippen LogP contribution in [0.3, 0.4) is 0 Å². The molecule has 216 valence electrons. The van der Waals surface area contributed by atoms with Crippen LogP contribution < -0.4 is 5.32 Å². The zero-order valence-corrected chi connectivity index (χ0v) is 21.4. The van der Waals surface area contributed by atoms with Crippen molar-refractivity contribution in [3.8, 4) is 0 Å². The number of aromatic amines is 2. The van der Waals surface area contributed by atoms with Gasteiger partial charge in [0.1, 0.15) is 5.82 Å². The summed E-state index contributed by atoms with van der Waals surface area (Å²) in [7, 11) is 0. The van der Waals surface area contributed by atoms with Gasteiger partial charge in [-0.3, -0.25) is 14.5 Å². The summed E-state index contributed by atoms with van der Waals surface area (Å²) in [6.07, 6.45) is -6.49. The summed E-state index contributed by atoms with van der Waals surface area (Å²) >= 11 is 0. The number of nitrogens with zero attached hydrogens (tertiary/aromatic N) is 2. The van der Waals surface area contributed by atoms with Gasteiger partial charge in [0.05, 0.1) is 17.7 Å². The van der Waals surface area contributed by atoms with Crippen LogP contribution in [0, 0.1) is 0 Å². The number of H-pyrrole nitrogens is 2. The number of rotatable bonds is 6. The molecule has 3 N–H and O–H groups in total. The van der Waals surface area contributed by atoms with Gasteiger partial charge in [-0.15, -0.1) is 0 Å². The minimum absolute atomic E-state index is 0.000760. The summed E-state index contributed by atoms with van der Waals surface area (Å²) in [6, 6.07) is 11.1. The SMILES string of the molecule is O=C(CN1CCN(C(=O)c2cc(C(F)(F)F)cc(C(F)(F)F)c2)C(Cc2c[nH]c3ccccc23)C1)Nc1ccc[nH]1. The minimum atomic E-state index is -5.08. The molecule has 5 rings (SSSR count). The molecule has 1 saturated heterocycles. The van der Waals surface area contributed by atoms with E-state index in [-0.39, 0.29) is 44.6 Å². The van der Waals surface area contributed by atoms with Crippen LogP contribution in [-0.2, 0) is 23.6 Å². The van der Waals surface area contributed by atoms with Crippen LogP contribution in [0.5, 0.6) is 0 Å². The molecule has 41 heavy (non-hydrogen) atoms. The Balaban J connectivity index is 1.44. The number of carbonyl (C=O) groups excluding carboxylic acids is 2. The molecule has 1 unspecified atom stereocenters. The second-order valence-corrected chi connectivity index (χ2v) is 9.88. The largest absolute Gasteiger partial charge is 0.416 e. The maximum atomic E-state index is 13.6. The van der Waals surface area contributed by atoms with Crippen LogP contribution in [0.4, 0.5) is 32.2 Å². The number of amides is 2. The first-order valence-corrected chi connectivity index (χ1v) is 12.7. The van der Waals surface area contributed by atoms with Crippen LogP contribution in [0.25, 0.3) is 10.9 Å². The molecule has 13 heteroatoms. The summed E-state index contributed by atoms with van der Waals surface area (Å²) < 4.78 is 80.9. The average molecular weight is 578 g/mol. The molecule has 1 aliphatic rings. The number of benzene rings is 2. The van der Waals surface area contributed by atoms with Crippen molar-refractivity contribution in [2.45, 2.75) is 24.8 Å². The highest BCUT2D eigenvalue weighted by molar-refractivity contribution is 5.95. The van der Waals surface area contributed by atoms with Gasteiger partial charge in [-0.2, -0.15) is 26.3 Å². The monoisotopic (exact) mass is 577 g/mol. The number of piperazine rings is 1. The fourth-order valence-electron chi connectivity index (χ4n) is 5.10. The van der Waals surface area contributed by atoms with Gasteiger partial charge in [0.25, 0.3) is 5.91 Å². The molecule has 1 atom stereocenters. The van der Waals surface area contributed by atoms with Gasteiger partial charge in [-0.1, -0.05) is 18.2 Å². The van der Waals surface area contributed by atoms with E-state index in [0.717, 1.165) is 16.5 Å². The Hall–Kier alpha value is -4.26. The number of nitrogens with one attached hydrogen (secondary N) is 3. The first-order valence-electron chi connectivity index (χ1n) is 12.7. The predicted molar refractivity (Wildman–Crippen MR) is 139 cm³/mol. The van der Waals surface area contributed by atoms with E-state index in [9.17, 15) is 35.9 Å².